The second-order valence-corrected chi connectivity index (χ2v) is 3.23. The highest BCUT2D eigenvalue weighted by molar-refractivity contribution is 5.93. The molecule has 17 heavy (non-hydrogen) atoms. The van der Waals surface area contributed by atoms with Gasteiger partial charge in [-0.25, -0.2) is 9.38 Å². The van der Waals surface area contributed by atoms with Gasteiger partial charge < -0.3 is 21.9 Å². The highest BCUT2D eigenvalue weighted by atomic mass is 19.1. The lowest BCUT2D eigenvalue weighted by Crippen LogP contribution is -2.26. The molecule has 0 aliphatic rings. The molecule has 6 nitrogen and oxygen atoms in total. The van der Waals surface area contributed by atoms with Crippen molar-refractivity contribution in [2.24, 2.45) is 27.2 Å². The number of nitrogens with two attached hydrogens (primary N) is 3. The summed E-state index contributed by atoms with van der Waals surface area (Å²) in [6, 6.07) is 2.69. The van der Waals surface area contributed by atoms with Gasteiger partial charge in [-0.3, -0.25) is 0 Å². The Morgan fingerprint density at radius 2 is 1.94 bits per heavy atom. The molecule has 0 spiro atoms. The Kier molecular flexibility index (Phi) is 3.86. The van der Waals surface area contributed by atoms with Crippen molar-refractivity contribution in [3.8, 4) is 5.75 Å². The van der Waals surface area contributed by atoms with Crippen molar-refractivity contribution in [1.29, 1.82) is 0 Å². The van der Waals surface area contributed by atoms with Crippen LogP contribution in [0.15, 0.2) is 22.1 Å². The molecule has 0 saturated heterocycles. The third-order valence-corrected chi connectivity index (χ3v) is 2.00. The predicted octanol–water partition coefficient (Wildman–Crippen LogP) is 0.362. The fourth-order valence-electron chi connectivity index (χ4n) is 1.28. The lowest BCUT2D eigenvalue weighted by molar-refractivity contribution is 0.408. The quantitative estimate of drug-likeness (QED) is 0.511. The van der Waals surface area contributed by atoms with Gasteiger partial charge in [-0.05, 0) is 19.1 Å². The van der Waals surface area contributed by atoms with Gasteiger partial charge in [0.05, 0.1) is 7.11 Å². The summed E-state index contributed by atoms with van der Waals surface area (Å²) in [5, 5.41) is 0. The molecule has 1 aromatic carbocycles. The van der Waals surface area contributed by atoms with E-state index in [0.29, 0.717) is 17.0 Å². The number of ether oxygens (including phenoxy) is 1. The van der Waals surface area contributed by atoms with E-state index in [2.05, 4.69) is 9.98 Å². The number of guanidine groups is 2. The zero-order valence-electron chi connectivity index (χ0n) is 9.57. The Balaban J connectivity index is 3.24. The molecule has 92 valence electrons. The fraction of sp³-hybridized carbons (Fsp3) is 0.200. The van der Waals surface area contributed by atoms with Crippen LogP contribution in [0.2, 0.25) is 0 Å². The Morgan fingerprint density at radius 1 is 1.29 bits per heavy atom. The van der Waals surface area contributed by atoms with Crippen LogP contribution >= 0.6 is 0 Å². The average Bonchev–Trinajstić information content (AvgIpc) is 2.23. The summed E-state index contributed by atoms with van der Waals surface area (Å²) >= 11 is 0. The number of halogens is 1. The van der Waals surface area contributed by atoms with E-state index in [1.54, 1.807) is 6.92 Å². The van der Waals surface area contributed by atoms with E-state index in [1.165, 1.54) is 19.2 Å². The molecule has 0 heterocycles. The van der Waals surface area contributed by atoms with Gasteiger partial charge in [-0.1, -0.05) is 0 Å². The molecular weight excluding hydrogens is 225 g/mol. The summed E-state index contributed by atoms with van der Waals surface area (Å²) in [7, 11) is 1.41. The molecule has 0 atom stereocenters. The summed E-state index contributed by atoms with van der Waals surface area (Å²) in [5.41, 5.74) is 16.5. The van der Waals surface area contributed by atoms with E-state index in [9.17, 15) is 4.39 Å². The maximum absolute atomic E-state index is 13.3. The Labute approximate surface area is 98.0 Å². The normalized spacial score (nSPS) is 11.1. The van der Waals surface area contributed by atoms with Crippen molar-refractivity contribution in [3.63, 3.8) is 0 Å². The van der Waals surface area contributed by atoms with Crippen molar-refractivity contribution >= 4 is 17.6 Å². The van der Waals surface area contributed by atoms with E-state index < -0.39 is 0 Å². The summed E-state index contributed by atoms with van der Waals surface area (Å²) in [5.74, 6) is -0.432. The van der Waals surface area contributed by atoms with E-state index in [1.807, 2.05) is 0 Å². The van der Waals surface area contributed by atoms with Crippen molar-refractivity contribution in [2.75, 3.05) is 7.11 Å². The van der Waals surface area contributed by atoms with Crippen LogP contribution in [-0.4, -0.2) is 19.0 Å². The van der Waals surface area contributed by atoms with Gasteiger partial charge in [0.15, 0.2) is 5.96 Å². The fourth-order valence-corrected chi connectivity index (χ4v) is 1.28. The van der Waals surface area contributed by atoms with Crippen molar-refractivity contribution < 1.29 is 9.13 Å². The largest absolute Gasteiger partial charge is 0.494 e. The molecule has 0 fully saturated rings. The van der Waals surface area contributed by atoms with Crippen LogP contribution in [-0.2, 0) is 0 Å². The summed E-state index contributed by atoms with van der Waals surface area (Å²) in [6.45, 7) is 1.57. The monoisotopic (exact) mass is 239 g/mol. The highest BCUT2D eigenvalue weighted by Gasteiger charge is 2.10. The number of aliphatic imine (C=N–C) groups is 2. The van der Waals surface area contributed by atoms with Gasteiger partial charge in [0.2, 0.25) is 5.96 Å². The van der Waals surface area contributed by atoms with E-state index in [4.69, 9.17) is 21.9 Å². The van der Waals surface area contributed by atoms with E-state index >= 15 is 0 Å². The van der Waals surface area contributed by atoms with Crippen LogP contribution in [0.1, 0.15) is 5.56 Å². The number of hydrogen-bond acceptors (Lipinski definition) is 2. The standard InChI is InChI=1S/C10H14FN5O/c1-5-6(11)3-4-7(8(5)17-2)15-10(14)16-9(12)13/h3-4H,1-2H3,(H6,12,13,14,15,16). The van der Waals surface area contributed by atoms with Crippen LogP contribution < -0.4 is 21.9 Å². The number of hydrogen-bond donors (Lipinski definition) is 3. The number of methoxy groups -OCH3 is 1. The minimum atomic E-state index is -0.388. The summed E-state index contributed by atoms with van der Waals surface area (Å²) in [6.07, 6.45) is 0. The minimum absolute atomic E-state index is 0.130. The van der Waals surface area contributed by atoms with Crippen LogP contribution in [0.25, 0.3) is 0 Å². The average molecular weight is 239 g/mol. The molecule has 0 amide bonds. The Bertz CT molecular complexity index is 480. The molecule has 0 saturated carbocycles. The van der Waals surface area contributed by atoms with Gasteiger partial charge in [0, 0.05) is 5.56 Å². The van der Waals surface area contributed by atoms with Crippen LogP contribution in [0.5, 0.6) is 5.75 Å². The van der Waals surface area contributed by atoms with E-state index in [-0.39, 0.29) is 17.7 Å². The van der Waals surface area contributed by atoms with Crippen molar-refractivity contribution in [2.45, 2.75) is 6.92 Å². The SMILES string of the molecule is COc1c(N=C(N)N=C(N)N)ccc(F)c1C. The van der Waals surface area contributed by atoms with Crippen LogP contribution in [0.3, 0.4) is 0 Å². The molecule has 0 aromatic heterocycles. The first-order valence-electron chi connectivity index (χ1n) is 4.72. The smallest absolute Gasteiger partial charge is 0.223 e. The predicted molar refractivity (Wildman–Crippen MR) is 64.8 cm³/mol. The first-order valence-corrected chi connectivity index (χ1v) is 4.72. The van der Waals surface area contributed by atoms with Gasteiger partial charge >= 0.3 is 0 Å². The molecule has 0 radical (unpaired) electrons. The van der Waals surface area contributed by atoms with Gasteiger partial charge in [-0.2, -0.15) is 4.99 Å². The third-order valence-electron chi connectivity index (χ3n) is 2.00. The van der Waals surface area contributed by atoms with E-state index in [0.717, 1.165) is 0 Å². The van der Waals surface area contributed by atoms with Crippen molar-refractivity contribution in [3.05, 3.63) is 23.5 Å². The van der Waals surface area contributed by atoms with Crippen LogP contribution in [0, 0.1) is 12.7 Å². The second-order valence-electron chi connectivity index (χ2n) is 3.23. The number of rotatable bonds is 2. The Morgan fingerprint density at radius 3 is 2.47 bits per heavy atom. The second kappa shape index (κ2) is 5.15. The Hall–Kier alpha value is -2.31. The zero-order valence-corrected chi connectivity index (χ0v) is 9.57. The molecule has 0 aliphatic carbocycles. The first kappa shape index (κ1) is 12.8. The topological polar surface area (TPSA) is 112 Å². The zero-order chi connectivity index (χ0) is 13.0. The minimum Gasteiger partial charge on any atom is -0.494 e. The molecule has 0 aliphatic heterocycles. The van der Waals surface area contributed by atoms with Crippen molar-refractivity contribution in [1.82, 2.24) is 0 Å². The van der Waals surface area contributed by atoms with Gasteiger partial charge in [0.25, 0.3) is 0 Å². The molecule has 1 aromatic rings. The molecule has 1 rings (SSSR count). The molecule has 0 unspecified atom stereocenters. The molecule has 6 N–H and O–H groups in total. The third kappa shape index (κ3) is 3.07. The lowest BCUT2D eigenvalue weighted by atomic mass is 10.2. The highest BCUT2D eigenvalue weighted by Crippen LogP contribution is 2.32. The lowest BCUT2D eigenvalue weighted by Gasteiger charge is -2.08. The first-order chi connectivity index (χ1) is 7.95. The van der Waals surface area contributed by atoms with Crippen LogP contribution in [0.4, 0.5) is 10.1 Å². The molecule has 7 heteroatoms. The number of benzene rings is 1. The van der Waals surface area contributed by atoms with Gasteiger partial charge in [-0.15, -0.1) is 0 Å². The number of nitrogens with zero attached hydrogens (tertiary/aromatic N) is 2. The maximum atomic E-state index is 13.3. The summed E-state index contributed by atoms with van der Waals surface area (Å²) in [4.78, 5) is 7.48. The summed E-state index contributed by atoms with van der Waals surface area (Å²) < 4.78 is 18.3. The molecular formula is C10H14FN5O. The maximum Gasteiger partial charge on any atom is 0.223 e. The van der Waals surface area contributed by atoms with Gasteiger partial charge in [0.1, 0.15) is 17.3 Å². The molecule has 0 bridgehead atoms.